The van der Waals surface area contributed by atoms with Crippen molar-refractivity contribution in [2.45, 2.75) is 6.92 Å². The van der Waals surface area contributed by atoms with E-state index in [2.05, 4.69) is 11.5 Å². The van der Waals surface area contributed by atoms with Gasteiger partial charge >= 0.3 is 21.0 Å². The number of carbonyl (C=O) groups excluding carboxylic acids is 2. The van der Waals surface area contributed by atoms with E-state index in [0.29, 0.717) is 0 Å². The van der Waals surface area contributed by atoms with E-state index in [1.807, 2.05) is 0 Å². The van der Waals surface area contributed by atoms with Crippen LogP contribution >= 0.6 is 0 Å². The summed E-state index contributed by atoms with van der Waals surface area (Å²) in [6.45, 7) is 1.34. The fourth-order valence-corrected chi connectivity index (χ4v) is 0.272. The Morgan fingerprint density at radius 2 is 1.41 bits per heavy atom. The minimum absolute atomic E-state index is 0.00926. The van der Waals surface area contributed by atoms with Crippen molar-refractivity contribution in [1.29, 1.82) is 0 Å². The van der Waals surface area contributed by atoms with Gasteiger partial charge in [-0.1, -0.05) is 0 Å². The van der Waals surface area contributed by atoms with E-state index in [1.54, 1.807) is 0 Å². The van der Waals surface area contributed by atoms with Gasteiger partial charge in [-0.15, -0.1) is 0 Å². The fourth-order valence-electron chi connectivity index (χ4n) is 0.272. The van der Waals surface area contributed by atoms with E-state index in [-0.39, 0.29) is 5.57 Å². The average molecular weight is 285 g/mol. The van der Waals surface area contributed by atoms with Gasteiger partial charge in [0.2, 0.25) is 11.8 Å². The Balaban J connectivity index is -0.000000202. The molecule has 0 spiro atoms. The van der Waals surface area contributed by atoms with Crippen molar-refractivity contribution in [2.24, 2.45) is 22.9 Å². The SMILES string of the molecule is CC(C(N)=O)=C(N)O.NC(=O)C=C(N)O.[O]=[V]. The van der Waals surface area contributed by atoms with E-state index >= 15 is 0 Å². The number of aliphatic hydroxyl groups excluding tert-OH is 2. The molecule has 10 N–H and O–H groups in total. The molecule has 0 heterocycles. The van der Waals surface area contributed by atoms with Crippen molar-refractivity contribution in [3.63, 3.8) is 0 Å². The quantitative estimate of drug-likeness (QED) is 0.247. The first-order valence-corrected chi connectivity index (χ1v) is 4.34. The van der Waals surface area contributed by atoms with Crippen molar-refractivity contribution in [3.05, 3.63) is 23.4 Å². The van der Waals surface area contributed by atoms with Gasteiger partial charge in [0, 0.05) is 0 Å². The van der Waals surface area contributed by atoms with Crippen LogP contribution in [-0.4, -0.2) is 22.0 Å². The molecule has 0 unspecified atom stereocenters. The predicted molar refractivity (Wildman–Crippen MR) is 53.5 cm³/mol. The predicted octanol–water partition coefficient (Wildman–Crippen LogP) is -2.07. The van der Waals surface area contributed by atoms with Crippen molar-refractivity contribution < 1.29 is 40.8 Å². The molecule has 0 aromatic carbocycles. The van der Waals surface area contributed by atoms with Gasteiger partial charge in [0.05, 0.1) is 11.6 Å². The van der Waals surface area contributed by atoms with Gasteiger partial charge in [0.25, 0.3) is 0 Å². The maximum absolute atomic E-state index is 10.1. The van der Waals surface area contributed by atoms with Crippen LogP contribution in [0.1, 0.15) is 6.92 Å². The van der Waals surface area contributed by atoms with Crippen LogP contribution in [0.25, 0.3) is 0 Å². The van der Waals surface area contributed by atoms with Crippen molar-refractivity contribution in [1.82, 2.24) is 0 Å². The van der Waals surface area contributed by atoms with E-state index in [0.717, 1.165) is 23.4 Å². The Kier molecular flexibility index (Phi) is 14.5. The second-order valence-corrected chi connectivity index (χ2v) is 2.35. The number of aliphatic hydroxyl groups is 2. The van der Waals surface area contributed by atoms with Gasteiger partial charge in [-0.25, -0.2) is 0 Å². The molecule has 0 fully saturated rings. The number of hydrogen-bond donors (Lipinski definition) is 6. The summed E-state index contributed by atoms with van der Waals surface area (Å²) in [4.78, 5) is 19.8. The molecule has 97 valence electrons. The molecule has 0 aliphatic rings. The summed E-state index contributed by atoms with van der Waals surface area (Å²) < 4.78 is 8.19. The van der Waals surface area contributed by atoms with Crippen LogP contribution in [0.2, 0.25) is 0 Å². The number of nitrogens with two attached hydrogens (primary N) is 4. The first-order chi connectivity index (χ1) is 7.68. The zero-order valence-electron chi connectivity index (χ0n) is 8.95. The van der Waals surface area contributed by atoms with Crippen LogP contribution < -0.4 is 22.9 Å². The number of primary amides is 2. The van der Waals surface area contributed by atoms with Crippen LogP contribution in [0.5, 0.6) is 0 Å². The molecule has 9 nitrogen and oxygen atoms in total. The number of hydrogen-bond acceptors (Lipinski definition) is 7. The minimum atomic E-state index is -0.750. The second-order valence-electron chi connectivity index (χ2n) is 2.35. The van der Waals surface area contributed by atoms with Crippen LogP contribution in [0.4, 0.5) is 0 Å². The topological polar surface area (TPSA) is 196 Å². The molecule has 0 bridgehead atoms. The third-order valence-corrected chi connectivity index (χ3v) is 1.04. The maximum atomic E-state index is 10.1. The van der Waals surface area contributed by atoms with Gasteiger partial charge in [0.15, 0.2) is 11.8 Å². The first kappa shape index (κ1) is 20.4. The van der Waals surface area contributed by atoms with Crippen LogP contribution in [0, 0.1) is 0 Å². The zero-order chi connectivity index (χ0) is 14.6. The Bertz CT molecular complexity index is 320. The van der Waals surface area contributed by atoms with Gasteiger partial charge < -0.3 is 33.1 Å². The molecule has 0 atom stereocenters. The van der Waals surface area contributed by atoms with E-state index in [1.165, 1.54) is 6.92 Å². The molecule has 0 rings (SSSR count). The third kappa shape index (κ3) is 20.2. The van der Waals surface area contributed by atoms with E-state index in [4.69, 9.17) is 25.4 Å². The van der Waals surface area contributed by atoms with Crippen molar-refractivity contribution >= 4 is 11.8 Å². The molecule has 0 aromatic heterocycles. The summed E-state index contributed by atoms with van der Waals surface area (Å²) in [5, 5.41) is 16.4. The molecular weight excluding hydrogens is 271 g/mol. The third-order valence-electron chi connectivity index (χ3n) is 1.04. The van der Waals surface area contributed by atoms with Crippen LogP contribution in [-0.2, 0) is 30.6 Å². The molecule has 0 aliphatic carbocycles. The molecule has 0 aromatic rings. The summed E-state index contributed by atoms with van der Waals surface area (Å²) in [6, 6.07) is 0. The average Bonchev–Trinajstić information content (AvgIpc) is 2.18. The molecule has 0 saturated carbocycles. The summed E-state index contributed by atoms with van der Waals surface area (Å²) in [5.74, 6) is -2.53. The van der Waals surface area contributed by atoms with E-state index in [9.17, 15) is 9.59 Å². The van der Waals surface area contributed by atoms with Crippen molar-refractivity contribution in [2.75, 3.05) is 0 Å². The zero-order valence-corrected chi connectivity index (χ0v) is 10.3. The summed E-state index contributed by atoms with van der Waals surface area (Å²) >= 11 is 1.06. The Morgan fingerprint density at radius 1 is 1.06 bits per heavy atom. The van der Waals surface area contributed by atoms with E-state index < -0.39 is 23.6 Å². The normalized spacial score (nSPS) is 10.7. The Hall–Kier alpha value is -2.00. The summed E-state index contributed by atoms with van der Waals surface area (Å²) in [5.41, 5.74) is 18.6. The van der Waals surface area contributed by atoms with Crippen LogP contribution in [0.15, 0.2) is 23.4 Å². The number of rotatable bonds is 2. The molecule has 0 saturated heterocycles. The van der Waals surface area contributed by atoms with Gasteiger partial charge in [-0.3, -0.25) is 9.59 Å². The molecular formula is C7H14N4O5V. The first-order valence-electron chi connectivity index (χ1n) is 3.77. The van der Waals surface area contributed by atoms with Crippen molar-refractivity contribution in [3.8, 4) is 0 Å². The summed E-state index contributed by atoms with van der Waals surface area (Å²) in [6.07, 6.45) is 0.722. The fraction of sp³-hybridized carbons (Fsp3) is 0.143. The van der Waals surface area contributed by atoms with Gasteiger partial charge in [-0.2, -0.15) is 0 Å². The number of carbonyl (C=O) groups is 2. The Morgan fingerprint density at radius 3 is 1.41 bits per heavy atom. The molecule has 17 heavy (non-hydrogen) atoms. The molecule has 0 aliphatic heterocycles. The standard InChI is InChI=1S/C4H8N2O2.C3H6N2O2.O.V/c1-2(3(5)7)4(6)8;4-2(6)1-3(5)7;;/h7H,5H2,1H3,(H2,6,8);1,6H,4H2,(H2,5,7);;. The molecule has 0 radical (unpaired) electrons. The molecule has 10 heteroatoms. The Labute approximate surface area is 106 Å². The van der Waals surface area contributed by atoms with Crippen LogP contribution in [0.3, 0.4) is 0 Å². The second kappa shape index (κ2) is 12.1. The molecule has 2 amide bonds. The number of amides is 2. The summed E-state index contributed by atoms with van der Waals surface area (Å²) in [7, 11) is 0. The monoisotopic (exact) mass is 285 g/mol. The van der Waals surface area contributed by atoms with Gasteiger partial charge in [-0.05, 0) is 6.92 Å². The van der Waals surface area contributed by atoms with Gasteiger partial charge in [0.1, 0.15) is 0 Å².